The molecule has 112 valence electrons. The van der Waals surface area contributed by atoms with E-state index in [-0.39, 0.29) is 11.8 Å². The lowest BCUT2D eigenvalue weighted by Gasteiger charge is -2.40. The topological polar surface area (TPSA) is 90.5 Å². The molecular formula is C13H22N4O3. The van der Waals surface area contributed by atoms with Crippen LogP contribution in [-0.2, 0) is 9.59 Å². The number of carbonyl (C=O) groups excluding carboxylic acids is 3. The van der Waals surface area contributed by atoms with E-state index < -0.39 is 17.1 Å². The number of carbonyl (C=O) groups is 3. The average molecular weight is 282 g/mol. The molecule has 4 amide bonds. The Hall–Kier alpha value is -1.63. The van der Waals surface area contributed by atoms with E-state index >= 15 is 0 Å². The Kier molecular flexibility index (Phi) is 3.73. The molecular weight excluding hydrogens is 260 g/mol. The summed E-state index contributed by atoms with van der Waals surface area (Å²) in [5.41, 5.74) is -1.43. The highest BCUT2D eigenvalue weighted by Gasteiger charge is 2.49. The van der Waals surface area contributed by atoms with Crippen molar-refractivity contribution in [1.82, 2.24) is 20.9 Å². The minimum atomic E-state index is -0.823. The van der Waals surface area contributed by atoms with Gasteiger partial charge in [-0.05, 0) is 33.2 Å². The molecule has 0 atom stereocenters. The van der Waals surface area contributed by atoms with Gasteiger partial charge in [-0.3, -0.25) is 14.9 Å². The van der Waals surface area contributed by atoms with Crippen molar-refractivity contribution >= 4 is 17.8 Å². The van der Waals surface area contributed by atoms with E-state index in [2.05, 4.69) is 16.0 Å². The number of amides is 4. The number of piperidine rings is 1. The van der Waals surface area contributed by atoms with Crippen molar-refractivity contribution in [2.75, 3.05) is 19.6 Å². The smallest absolute Gasteiger partial charge is 0.322 e. The highest BCUT2D eigenvalue weighted by Crippen LogP contribution is 2.26. The number of hydrogen-bond donors (Lipinski definition) is 3. The molecule has 3 N–H and O–H groups in total. The number of urea groups is 1. The molecule has 1 spiro atoms. The Morgan fingerprint density at radius 1 is 1.35 bits per heavy atom. The fraction of sp³-hybridized carbons (Fsp3) is 0.769. The maximum atomic E-state index is 12.4. The van der Waals surface area contributed by atoms with Gasteiger partial charge in [0.05, 0.1) is 5.54 Å². The first-order valence-electron chi connectivity index (χ1n) is 6.99. The molecule has 2 saturated heterocycles. The summed E-state index contributed by atoms with van der Waals surface area (Å²) in [6.45, 7) is 7.33. The second kappa shape index (κ2) is 5.05. The molecule has 2 aliphatic rings. The predicted molar refractivity (Wildman–Crippen MR) is 73.0 cm³/mol. The number of rotatable bonds is 3. The number of nitrogens with zero attached hydrogens (tertiary/aromatic N) is 1. The van der Waals surface area contributed by atoms with Crippen molar-refractivity contribution in [1.29, 1.82) is 0 Å². The predicted octanol–water partition coefficient (Wildman–Crippen LogP) is -0.425. The zero-order valence-corrected chi connectivity index (χ0v) is 12.2. The van der Waals surface area contributed by atoms with Gasteiger partial charge in [0, 0.05) is 13.1 Å². The van der Waals surface area contributed by atoms with Gasteiger partial charge in [-0.15, -0.1) is 0 Å². The van der Waals surface area contributed by atoms with Gasteiger partial charge in [-0.1, -0.05) is 6.92 Å². The molecule has 20 heavy (non-hydrogen) atoms. The van der Waals surface area contributed by atoms with Crippen molar-refractivity contribution in [2.24, 2.45) is 0 Å². The zero-order valence-electron chi connectivity index (χ0n) is 12.2. The molecule has 2 fully saturated rings. The van der Waals surface area contributed by atoms with Crippen molar-refractivity contribution in [3.8, 4) is 0 Å². The summed E-state index contributed by atoms with van der Waals surface area (Å²) in [5.74, 6) is -0.250. The van der Waals surface area contributed by atoms with Crippen LogP contribution in [0.1, 0.15) is 33.6 Å². The molecule has 7 nitrogen and oxygen atoms in total. The Bertz CT molecular complexity index is 439. The molecule has 0 aromatic rings. The summed E-state index contributed by atoms with van der Waals surface area (Å²) in [6.07, 6.45) is 0.914. The summed E-state index contributed by atoms with van der Waals surface area (Å²) in [7, 11) is 0. The Morgan fingerprint density at radius 3 is 2.40 bits per heavy atom. The number of likely N-dealkylation sites (N-methyl/N-ethyl adjacent to an activating group) is 1. The van der Waals surface area contributed by atoms with Gasteiger partial charge in [-0.2, -0.15) is 0 Å². The van der Waals surface area contributed by atoms with E-state index in [9.17, 15) is 14.4 Å². The zero-order chi connectivity index (χ0) is 15.0. The Labute approximate surface area is 118 Å². The van der Waals surface area contributed by atoms with Crippen molar-refractivity contribution < 1.29 is 14.4 Å². The van der Waals surface area contributed by atoms with Crippen LogP contribution in [0.3, 0.4) is 0 Å². The summed E-state index contributed by atoms with van der Waals surface area (Å²) >= 11 is 0. The van der Waals surface area contributed by atoms with Gasteiger partial charge >= 0.3 is 6.03 Å². The number of hydrogen-bond acceptors (Lipinski definition) is 4. The second-order valence-electron chi connectivity index (χ2n) is 5.94. The normalized spacial score (nSPS) is 21.9. The van der Waals surface area contributed by atoms with Crippen molar-refractivity contribution in [2.45, 2.75) is 44.7 Å². The maximum Gasteiger partial charge on any atom is 0.322 e. The molecule has 0 unspecified atom stereocenters. The average Bonchev–Trinajstić information content (AvgIpc) is 2.64. The maximum absolute atomic E-state index is 12.4. The minimum Gasteiger partial charge on any atom is -0.341 e. The van der Waals surface area contributed by atoms with Gasteiger partial charge in [0.15, 0.2) is 0 Å². The number of imide groups is 1. The molecule has 2 aliphatic heterocycles. The molecule has 0 radical (unpaired) electrons. The highest BCUT2D eigenvalue weighted by molar-refractivity contribution is 6.07. The number of nitrogens with one attached hydrogen (secondary N) is 3. The van der Waals surface area contributed by atoms with Crippen molar-refractivity contribution in [3.05, 3.63) is 0 Å². The van der Waals surface area contributed by atoms with Crippen LogP contribution in [0.15, 0.2) is 0 Å². The summed E-state index contributed by atoms with van der Waals surface area (Å²) < 4.78 is 0. The molecule has 0 aliphatic carbocycles. The molecule has 2 heterocycles. The van der Waals surface area contributed by atoms with Crippen molar-refractivity contribution in [3.63, 3.8) is 0 Å². The standard InChI is InChI=1S/C13H22N4O3/c1-4-14-12(2,3)10(19)17-7-5-13(6-8-17)9(18)15-11(20)16-13/h14H,4-8H2,1-3H3,(H2,15,16,18,20). The molecule has 0 bridgehead atoms. The van der Waals surface area contributed by atoms with Gasteiger partial charge < -0.3 is 15.5 Å². The lowest BCUT2D eigenvalue weighted by molar-refractivity contribution is -0.140. The summed E-state index contributed by atoms with van der Waals surface area (Å²) in [5, 5.41) is 8.11. The monoisotopic (exact) mass is 282 g/mol. The van der Waals surface area contributed by atoms with Crippen LogP contribution in [0.4, 0.5) is 4.79 Å². The molecule has 7 heteroatoms. The fourth-order valence-electron chi connectivity index (χ4n) is 2.88. The second-order valence-corrected chi connectivity index (χ2v) is 5.94. The number of likely N-dealkylation sites (tertiary alicyclic amines) is 1. The Morgan fingerprint density at radius 2 is 1.95 bits per heavy atom. The Balaban J connectivity index is 2.00. The molecule has 0 saturated carbocycles. The van der Waals surface area contributed by atoms with Crippen LogP contribution in [0.5, 0.6) is 0 Å². The van der Waals surface area contributed by atoms with Crippen LogP contribution in [0.2, 0.25) is 0 Å². The first-order chi connectivity index (χ1) is 9.31. The SMILES string of the molecule is CCNC(C)(C)C(=O)N1CCC2(CC1)NC(=O)NC2=O. The summed E-state index contributed by atoms with van der Waals surface area (Å²) in [6, 6.07) is -0.442. The molecule has 0 aromatic carbocycles. The highest BCUT2D eigenvalue weighted by atomic mass is 16.2. The third-order valence-electron chi connectivity index (χ3n) is 4.07. The van der Waals surface area contributed by atoms with Gasteiger partial charge in [0.1, 0.15) is 5.54 Å². The lowest BCUT2D eigenvalue weighted by Crippen LogP contribution is -2.60. The minimum absolute atomic E-state index is 0.0268. The van der Waals surface area contributed by atoms with E-state index in [4.69, 9.17) is 0 Å². The lowest BCUT2D eigenvalue weighted by atomic mass is 9.87. The van der Waals surface area contributed by atoms with E-state index in [0.29, 0.717) is 25.9 Å². The van der Waals surface area contributed by atoms with E-state index in [0.717, 1.165) is 6.54 Å². The van der Waals surface area contributed by atoms with Crippen LogP contribution < -0.4 is 16.0 Å². The third-order valence-corrected chi connectivity index (χ3v) is 4.07. The molecule has 2 rings (SSSR count). The summed E-state index contributed by atoms with van der Waals surface area (Å²) in [4.78, 5) is 37.3. The molecule has 0 aromatic heterocycles. The van der Waals surface area contributed by atoms with Crippen LogP contribution in [0, 0.1) is 0 Å². The fourth-order valence-corrected chi connectivity index (χ4v) is 2.88. The van der Waals surface area contributed by atoms with Crippen LogP contribution in [-0.4, -0.2) is 53.5 Å². The quantitative estimate of drug-likeness (QED) is 0.613. The van der Waals surface area contributed by atoms with E-state index in [1.807, 2.05) is 20.8 Å². The third kappa shape index (κ3) is 2.49. The largest absolute Gasteiger partial charge is 0.341 e. The van der Waals surface area contributed by atoms with Gasteiger partial charge in [0.25, 0.3) is 5.91 Å². The van der Waals surface area contributed by atoms with Crippen LogP contribution >= 0.6 is 0 Å². The first-order valence-corrected chi connectivity index (χ1v) is 6.99. The van der Waals surface area contributed by atoms with E-state index in [1.165, 1.54) is 0 Å². The first kappa shape index (κ1) is 14.8. The van der Waals surface area contributed by atoms with Gasteiger partial charge in [0.2, 0.25) is 5.91 Å². The van der Waals surface area contributed by atoms with E-state index in [1.54, 1.807) is 4.90 Å². The van der Waals surface area contributed by atoms with Crippen LogP contribution in [0.25, 0.3) is 0 Å². The van der Waals surface area contributed by atoms with Gasteiger partial charge in [-0.25, -0.2) is 4.79 Å².